The van der Waals surface area contributed by atoms with E-state index in [1.807, 2.05) is 54.2 Å². The Hall–Kier alpha value is -3.65. The van der Waals surface area contributed by atoms with Crippen LogP contribution in [0.5, 0.6) is 0 Å². The van der Waals surface area contributed by atoms with Crippen molar-refractivity contribution in [1.29, 1.82) is 5.26 Å². The van der Waals surface area contributed by atoms with E-state index in [9.17, 15) is 4.79 Å². The molecule has 3 aromatic rings. The topological polar surface area (TPSA) is 61.9 Å². The van der Waals surface area contributed by atoms with Gasteiger partial charge in [0.1, 0.15) is 0 Å². The number of likely N-dealkylation sites (N-methyl/N-ethyl adjacent to an activating group) is 1. The molecule has 1 amide bonds. The number of hydrogen-bond donors (Lipinski definition) is 0. The van der Waals surface area contributed by atoms with Crippen molar-refractivity contribution < 1.29 is 4.79 Å². The van der Waals surface area contributed by atoms with Gasteiger partial charge in [0.15, 0.2) is 0 Å². The summed E-state index contributed by atoms with van der Waals surface area (Å²) in [5.74, 6) is -0.136. The van der Waals surface area contributed by atoms with Crippen LogP contribution in [-0.4, -0.2) is 33.7 Å². The Kier molecular flexibility index (Phi) is 6.82. The largest absolute Gasteiger partial charge is 0.338 e. The maximum Gasteiger partial charge on any atom is 0.246 e. The number of amides is 1. The molecule has 1 aromatic heterocycles. The normalized spacial score (nSPS) is 11.9. The fourth-order valence-electron chi connectivity index (χ4n) is 3.11. The van der Waals surface area contributed by atoms with Gasteiger partial charge in [-0.3, -0.25) is 9.48 Å². The highest BCUT2D eigenvalue weighted by molar-refractivity contribution is 5.92. The lowest BCUT2D eigenvalue weighted by Gasteiger charge is -2.21. The SMILES string of the molecule is Cc1ccc(-c2nn(Cc3ccccc3)cc2/C=C/C(=O)N(C)C(C)CC#N)cc1. The minimum Gasteiger partial charge on any atom is -0.338 e. The quantitative estimate of drug-likeness (QED) is 0.543. The predicted molar refractivity (Wildman–Crippen MR) is 119 cm³/mol. The van der Waals surface area contributed by atoms with E-state index >= 15 is 0 Å². The Labute approximate surface area is 177 Å². The number of rotatable bonds is 7. The molecule has 5 heteroatoms. The standard InChI is InChI=1S/C25H26N4O/c1-19-9-11-22(12-10-19)25-23(13-14-24(30)28(3)20(2)15-16-26)18-29(27-25)17-21-7-5-4-6-8-21/h4-14,18,20H,15,17H2,1-3H3/b14-13+. The fourth-order valence-corrected chi connectivity index (χ4v) is 3.11. The first-order valence-corrected chi connectivity index (χ1v) is 9.98. The summed E-state index contributed by atoms with van der Waals surface area (Å²) in [4.78, 5) is 14.1. The first kappa shape index (κ1) is 21.1. The van der Waals surface area contributed by atoms with Gasteiger partial charge in [0.25, 0.3) is 0 Å². The highest BCUT2D eigenvalue weighted by atomic mass is 16.2. The molecule has 5 nitrogen and oxygen atoms in total. The van der Waals surface area contributed by atoms with Gasteiger partial charge >= 0.3 is 0 Å². The minimum atomic E-state index is -0.136. The second-order valence-corrected chi connectivity index (χ2v) is 7.48. The van der Waals surface area contributed by atoms with E-state index in [4.69, 9.17) is 10.4 Å². The average Bonchev–Trinajstić information content (AvgIpc) is 3.15. The van der Waals surface area contributed by atoms with Gasteiger partial charge in [-0.1, -0.05) is 60.2 Å². The Balaban J connectivity index is 1.90. The van der Waals surface area contributed by atoms with E-state index in [1.165, 1.54) is 5.56 Å². The molecular weight excluding hydrogens is 372 g/mol. The molecule has 0 saturated carbocycles. The summed E-state index contributed by atoms with van der Waals surface area (Å²) < 4.78 is 1.90. The summed E-state index contributed by atoms with van der Waals surface area (Å²) in [6, 6.07) is 20.3. The fraction of sp³-hybridized carbons (Fsp3) is 0.240. The van der Waals surface area contributed by atoms with Crippen LogP contribution in [0.1, 0.15) is 30.0 Å². The first-order valence-electron chi connectivity index (χ1n) is 9.98. The summed E-state index contributed by atoms with van der Waals surface area (Å²) in [6.07, 6.45) is 5.63. The number of nitriles is 1. The summed E-state index contributed by atoms with van der Waals surface area (Å²) >= 11 is 0. The van der Waals surface area contributed by atoms with Crippen molar-refractivity contribution in [2.24, 2.45) is 0 Å². The highest BCUT2D eigenvalue weighted by Gasteiger charge is 2.14. The third-order valence-corrected chi connectivity index (χ3v) is 5.10. The van der Waals surface area contributed by atoms with Crippen molar-refractivity contribution in [2.75, 3.05) is 7.05 Å². The van der Waals surface area contributed by atoms with Crippen molar-refractivity contribution in [1.82, 2.24) is 14.7 Å². The lowest BCUT2D eigenvalue weighted by molar-refractivity contribution is -0.126. The molecule has 0 bridgehead atoms. The Bertz CT molecular complexity index is 1060. The van der Waals surface area contributed by atoms with E-state index in [0.29, 0.717) is 13.0 Å². The molecule has 3 rings (SSSR count). The molecule has 0 aliphatic heterocycles. The maximum atomic E-state index is 12.5. The van der Waals surface area contributed by atoms with Gasteiger partial charge in [0.05, 0.1) is 24.7 Å². The van der Waals surface area contributed by atoms with Gasteiger partial charge in [-0.05, 0) is 25.5 Å². The van der Waals surface area contributed by atoms with Crippen LogP contribution in [0.3, 0.4) is 0 Å². The summed E-state index contributed by atoms with van der Waals surface area (Å²) in [5.41, 5.74) is 5.06. The molecule has 0 spiro atoms. The molecule has 1 unspecified atom stereocenters. The number of aromatic nitrogens is 2. The third kappa shape index (κ3) is 5.24. The molecular formula is C25H26N4O. The number of benzene rings is 2. The van der Waals surface area contributed by atoms with Crippen LogP contribution < -0.4 is 0 Å². The van der Waals surface area contributed by atoms with E-state index < -0.39 is 0 Å². The molecule has 30 heavy (non-hydrogen) atoms. The molecule has 0 N–H and O–H groups in total. The Morgan fingerprint density at radius 3 is 2.57 bits per heavy atom. The van der Waals surface area contributed by atoms with Crippen LogP contribution in [-0.2, 0) is 11.3 Å². The van der Waals surface area contributed by atoms with Gasteiger partial charge in [-0.25, -0.2) is 0 Å². The molecule has 0 fully saturated rings. The van der Waals surface area contributed by atoms with Crippen molar-refractivity contribution in [2.45, 2.75) is 32.9 Å². The molecule has 0 saturated heterocycles. The average molecular weight is 399 g/mol. The summed E-state index contributed by atoms with van der Waals surface area (Å²) in [7, 11) is 1.72. The molecule has 152 valence electrons. The van der Waals surface area contributed by atoms with Crippen LogP contribution in [0.2, 0.25) is 0 Å². The lowest BCUT2D eigenvalue weighted by Crippen LogP contribution is -2.33. The van der Waals surface area contributed by atoms with Crippen LogP contribution in [0, 0.1) is 18.3 Å². The maximum absolute atomic E-state index is 12.5. The molecule has 1 heterocycles. The third-order valence-electron chi connectivity index (χ3n) is 5.10. The number of carbonyl (C=O) groups is 1. The minimum absolute atomic E-state index is 0.135. The van der Waals surface area contributed by atoms with E-state index in [-0.39, 0.29) is 11.9 Å². The lowest BCUT2D eigenvalue weighted by atomic mass is 10.1. The van der Waals surface area contributed by atoms with Crippen molar-refractivity contribution in [3.05, 3.63) is 83.6 Å². The van der Waals surface area contributed by atoms with Gasteiger partial charge < -0.3 is 4.90 Å². The molecule has 0 radical (unpaired) electrons. The van der Waals surface area contributed by atoms with Gasteiger partial charge in [-0.15, -0.1) is 0 Å². The molecule has 0 aliphatic rings. The van der Waals surface area contributed by atoms with Crippen LogP contribution in [0.25, 0.3) is 17.3 Å². The van der Waals surface area contributed by atoms with Crippen LogP contribution in [0.4, 0.5) is 0 Å². The number of carbonyl (C=O) groups excluding carboxylic acids is 1. The first-order chi connectivity index (χ1) is 14.5. The summed E-state index contributed by atoms with van der Waals surface area (Å²) in [5, 5.41) is 13.7. The number of nitrogens with zero attached hydrogens (tertiary/aromatic N) is 4. The van der Waals surface area contributed by atoms with E-state index in [0.717, 1.165) is 22.4 Å². The summed E-state index contributed by atoms with van der Waals surface area (Å²) in [6.45, 7) is 4.57. The zero-order chi connectivity index (χ0) is 21.5. The van der Waals surface area contributed by atoms with E-state index in [1.54, 1.807) is 18.0 Å². The molecule has 1 atom stereocenters. The smallest absolute Gasteiger partial charge is 0.246 e. The van der Waals surface area contributed by atoms with Crippen LogP contribution in [0.15, 0.2) is 66.9 Å². The Morgan fingerprint density at radius 2 is 1.90 bits per heavy atom. The monoisotopic (exact) mass is 398 g/mol. The van der Waals surface area contributed by atoms with Crippen molar-refractivity contribution in [3.63, 3.8) is 0 Å². The second kappa shape index (κ2) is 9.71. The number of aryl methyl sites for hydroxylation is 1. The zero-order valence-corrected chi connectivity index (χ0v) is 17.6. The molecule has 0 aliphatic carbocycles. The highest BCUT2D eigenvalue weighted by Crippen LogP contribution is 2.24. The van der Waals surface area contributed by atoms with Gasteiger partial charge in [0.2, 0.25) is 5.91 Å². The van der Waals surface area contributed by atoms with Crippen molar-refractivity contribution >= 4 is 12.0 Å². The van der Waals surface area contributed by atoms with Crippen LogP contribution >= 0.6 is 0 Å². The Morgan fingerprint density at radius 1 is 1.20 bits per heavy atom. The zero-order valence-electron chi connectivity index (χ0n) is 17.6. The second-order valence-electron chi connectivity index (χ2n) is 7.48. The number of hydrogen-bond acceptors (Lipinski definition) is 3. The molecule has 2 aromatic carbocycles. The van der Waals surface area contributed by atoms with Gasteiger partial charge in [-0.2, -0.15) is 10.4 Å². The van der Waals surface area contributed by atoms with Crippen molar-refractivity contribution in [3.8, 4) is 17.3 Å². The van der Waals surface area contributed by atoms with Gasteiger partial charge in [0, 0.05) is 36.5 Å². The predicted octanol–water partition coefficient (Wildman–Crippen LogP) is 4.68. The van der Waals surface area contributed by atoms with E-state index in [2.05, 4.69) is 37.3 Å².